The quantitative estimate of drug-likeness (QED) is 0.289. The van der Waals surface area contributed by atoms with Gasteiger partial charge in [0.1, 0.15) is 5.75 Å². The Morgan fingerprint density at radius 1 is 0.733 bits per heavy atom. The van der Waals surface area contributed by atoms with Gasteiger partial charge in [-0.25, -0.2) is 9.97 Å². The second-order valence-electron chi connectivity index (χ2n) is 10.9. The number of piperidine rings is 2. The van der Waals surface area contributed by atoms with Crippen molar-refractivity contribution in [3.8, 4) is 17.5 Å². The van der Waals surface area contributed by atoms with Crippen LogP contribution in [0.15, 0.2) is 44.5 Å². The summed E-state index contributed by atoms with van der Waals surface area (Å²) in [6.45, 7) is 5.18. The van der Waals surface area contributed by atoms with Crippen LogP contribution in [-0.4, -0.2) is 107 Å². The van der Waals surface area contributed by atoms with Crippen molar-refractivity contribution >= 4 is 64.8 Å². The summed E-state index contributed by atoms with van der Waals surface area (Å²) in [5, 5.41) is 21.9. The Hall–Kier alpha value is -2.70. The standard InChI is InChI=1S/C14H16BrN5OS.C7H9BrN4S.C7H9NO2/c1-21-12-3-2-9(5-16-12)6-20-10-4-11(20)8-19(7-10)14-18-17-13(15)22-14;8-6-10-11-7(13-6)12-2-4-1-5(3-12)9-4;1-9-6-3-4-7(10-2)8-5-6/h2-3,5,10-11H,4,6-8H2,1H3;4-5,9H,1-3H2;3-5H,1-2H3. The van der Waals surface area contributed by atoms with Crippen molar-refractivity contribution in [3.05, 3.63) is 50.1 Å². The molecule has 0 radical (unpaired) electrons. The molecule has 0 amide bonds. The average Bonchev–Trinajstić information content (AvgIpc) is 3.72. The number of rotatable bonds is 7. The number of nitrogens with one attached hydrogen (secondary N) is 1. The number of fused-ring (bicyclic) bond motifs is 4. The number of methoxy groups -OCH3 is 3. The van der Waals surface area contributed by atoms with Gasteiger partial charge in [0, 0.05) is 75.2 Å². The Morgan fingerprint density at radius 2 is 1.29 bits per heavy atom. The van der Waals surface area contributed by atoms with Gasteiger partial charge in [0.25, 0.3) is 0 Å². The summed E-state index contributed by atoms with van der Waals surface area (Å²) in [6, 6.07) is 10.1. The third-order valence-corrected chi connectivity index (χ3v) is 10.9. The number of piperazine rings is 2. The van der Waals surface area contributed by atoms with E-state index >= 15 is 0 Å². The van der Waals surface area contributed by atoms with E-state index in [9.17, 15) is 0 Å². The molecule has 13 nitrogen and oxygen atoms in total. The van der Waals surface area contributed by atoms with Crippen molar-refractivity contribution in [1.29, 1.82) is 0 Å². The van der Waals surface area contributed by atoms with E-state index in [1.165, 1.54) is 18.4 Å². The summed E-state index contributed by atoms with van der Waals surface area (Å²) in [7, 11) is 4.82. The van der Waals surface area contributed by atoms with Gasteiger partial charge in [-0.15, -0.1) is 20.4 Å². The number of hydrogen-bond acceptors (Lipinski definition) is 15. The van der Waals surface area contributed by atoms with E-state index in [4.69, 9.17) is 14.2 Å². The summed E-state index contributed by atoms with van der Waals surface area (Å²) >= 11 is 9.92. The number of halogens is 2. The lowest BCUT2D eigenvalue weighted by Gasteiger charge is -2.56. The predicted octanol–water partition coefficient (Wildman–Crippen LogP) is 4.12. The molecule has 4 bridgehead atoms. The van der Waals surface area contributed by atoms with E-state index in [0.717, 1.165) is 56.6 Å². The predicted molar refractivity (Wildman–Crippen MR) is 181 cm³/mol. The number of pyridine rings is 2. The Bertz CT molecular complexity index is 1480. The maximum absolute atomic E-state index is 5.11. The first-order chi connectivity index (χ1) is 21.9. The summed E-state index contributed by atoms with van der Waals surface area (Å²) in [4.78, 5) is 15.4. The number of anilines is 2. The van der Waals surface area contributed by atoms with Gasteiger partial charge in [-0.1, -0.05) is 28.7 Å². The molecule has 10 heterocycles. The lowest BCUT2D eigenvalue weighted by atomic mass is 9.87. The zero-order chi connectivity index (χ0) is 31.3. The molecule has 45 heavy (non-hydrogen) atoms. The molecule has 0 aromatic carbocycles. The molecule has 4 unspecified atom stereocenters. The molecule has 10 rings (SSSR count). The molecule has 6 saturated heterocycles. The number of nitrogens with zero attached hydrogens (tertiary/aromatic N) is 9. The Balaban J connectivity index is 0.000000132. The van der Waals surface area contributed by atoms with Crippen LogP contribution in [0.1, 0.15) is 18.4 Å². The molecule has 0 aliphatic carbocycles. The first-order valence-electron chi connectivity index (χ1n) is 14.4. The van der Waals surface area contributed by atoms with Crippen LogP contribution in [0.2, 0.25) is 0 Å². The van der Waals surface area contributed by atoms with Crippen molar-refractivity contribution in [1.82, 2.24) is 40.6 Å². The minimum Gasteiger partial charge on any atom is -0.495 e. The molecular weight excluding hydrogens is 748 g/mol. The molecule has 6 fully saturated rings. The zero-order valence-electron chi connectivity index (χ0n) is 25.0. The van der Waals surface area contributed by atoms with E-state index in [-0.39, 0.29) is 0 Å². The molecule has 6 aliphatic heterocycles. The van der Waals surface area contributed by atoms with Gasteiger partial charge >= 0.3 is 0 Å². The van der Waals surface area contributed by atoms with Crippen LogP contribution < -0.4 is 29.3 Å². The minimum atomic E-state index is 0.598. The molecular formula is C28H34Br2N10O3S2. The molecule has 1 N–H and O–H groups in total. The van der Waals surface area contributed by atoms with Crippen LogP contribution in [0.4, 0.5) is 10.3 Å². The van der Waals surface area contributed by atoms with E-state index in [1.807, 2.05) is 12.3 Å². The van der Waals surface area contributed by atoms with Gasteiger partial charge in [-0.2, -0.15) is 0 Å². The second kappa shape index (κ2) is 14.8. The third-order valence-electron chi connectivity index (χ3n) is 8.11. The van der Waals surface area contributed by atoms with Gasteiger partial charge in [-0.3, -0.25) is 4.90 Å². The van der Waals surface area contributed by atoms with E-state index < -0.39 is 0 Å². The Morgan fingerprint density at radius 3 is 1.73 bits per heavy atom. The highest BCUT2D eigenvalue weighted by Crippen LogP contribution is 2.37. The molecule has 17 heteroatoms. The van der Waals surface area contributed by atoms with Crippen LogP contribution in [0.25, 0.3) is 0 Å². The van der Waals surface area contributed by atoms with Crippen LogP contribution in [0.3, 0.4) is 0 Å². The molecule has 0 spiro atoms. The minimum absolute atomic E-state index is 0.598. The summed E-state index contributed by atoms with van der Waals surface area (Å²) in [5.74, 6) is 2.00. The average molecular weight is 783 g/mol. The van der Waals surface area contributed by atoms with E-state index in [2.05, 4.69) is 88.3 Å². The number of aromatic nitrogens is 6. The maximum atomic E-state index is 5.11. The van der Waals surface area contributed by atoms with Gasteiger partial charge in [0.2, 0.25) is 22.0 Å². The van der Waals surface area contributed by atoms with Crippen LogP contribution in [0.5, 0.6) is 17.5 Å². The lowest BCUT2D eigenvalue weighted by Crippen LogP contribution is -2.68. The van der Waals surface area contributed by atoms with Crippen LogP contribution in [-0.2, 0) is 6.54 Å². The third kappa shape index (κ3) is 8.00. The molecule has 240 valence electrons. The lowest BCUT2D eigenvalue weighted by molar-refractivity contribution is -0.00856. The van der Waals surface area contributed by atoms with Crippen LogP contribution in [0, 0.1) is 0 Å². The zero-order valence-corrected chi connectivity index (χ0v) is 29.9. The Kier molecular flexibility index (Phi) is 10.6. The highest BCUT2D eigenvalue weighted by atomic mass is 79.9. The fourth-order valence-electron chi connectivity index (χ4n) is 5.87. The first-order valence-corrected chi connectivity index (χ1v) is 17.6. The van der Waals surface area contributed by atoms with E-state index in [1.54, 1.807) is 62.3 Å². The monoisotopic (exact) mass is 780 g/mol. The van der Waals surface area contributed by atoms with Crippen molar-refractivity contribution < 1.29 is 14.2 Å². The van der Waals surface area contributed by atoms with Gasteiger partial charge in [-0.05, 0) is 56.3 Å². The largest absolute Gasteiger partial charge is 0.495 e. The topological polar surface area (TPSA) is 127 Å². The van der Waals surface area contributed by atoms with Crippen molar-refractivity contribution in [3.63, 3.8) is 0 Å². The summed E-state index contributed by atoms with van der Waals surface area (Å²) in [6.07, 6.45) is 6.13. The smallest absolute Gasteiger partial charge is 0.213 e. The molecule has 4 atom stereocenters. The molecule has 4 aromatic heterocycles. The fourth-order valence-corrected chi connectivity index (χ4v) is 8.08. The van der Waals surface area contributed by atoms with E-state index in [0.29, 0.717) is 35.9 Å². The Labute approximate surface area is 286 Å². The highest BCUT2D eigenvalue weighted by molar-refractivity contribution is 9.11. The summed E-state index contributed by atoms with van der Waals surface area (Å²) < 4.78 is 16.6. The second-order valence-corrected chi connectivity index (χ2v) is 15.4. The first kappa shape index (κ1) is 32.2. The van der Waals surface area contributed by atoms with Crippen molar-refractivity contribution in [2.75, 3.05) is 57.3 Å². The summed E-state index contributed by atoms with van der Waals surface area (Å²) in [5.41, 5.74) is 1.24. The van der Waals surface area contributed by atoms with Gasteiger partial charge in [0.15, 0.2) is 7.83 Å². The SMILES string of the molecule is Brc1nnc(N2CC3CC(C2)N3)s1.COc1ccc(CN2C3CC2CN(c2nnc(Br)s2)C3)cn1.COc1ccc(OC)nc1. The van der Waals surface area contributed by atoms with Gasteiger partial charge < -0.3 is 29.3 Å². The molecule has 6 aliphatic rings. The molecule has 4 aromatic rings. The normalized spacial score (nSPS) is 23.0. The fraction of sp³-hybridized carbons (Fsp3) is 0.500. The van der Waals surface area contributed by atoms with Crippen LogP contribution >= 0.6 is 54.5 Å². The van der Waals surface area contributed by atoms with Gasteiger partial charge in [0.05, 0.1) is 27.5 Å². The number of hydrogen-bond donors (Lipinski definition) is 1. The maximum Gasteiger partial charge on any atom is 0.213 e. The van der Waals surface area contributed by atoms with Crippen molar-refractivity contribution in [2.45, 2.75) is 43.6 Å². The highest BCUT2D eigenvalue weighted by Gasteiger charge is 2.45. The van der Waals surface area contributed by atoms with Crippen molar-refractivity contribution in [2.24, 2.45) is 0 Å². The molecule has 0 saturated carbocycles. The number of ether oxygens (including phenoxy) is 3.